The molecule has 1 unspecified atom stereocenters. The fourth-order valence-electron chi connectivity index (χ4n) is 2.52. The summed E-state index contributed by atoms with van der Waals surface area (Å²) in [5.41, 5.74) is -1.87. The smallest absolute Gasteiger partial charge is 0.315 e. The van der Waals surface area contributed by atoms with Crippen molar-refractivity contribution in [1.82, 2.24) is 14.7 Å². The molecule has 3 heterocycles. The Kier molecular flexibility index (Phi) is 3.09. The lowest BCUT2D eigenvalue weighted by Crippen LogP contribution is -2.47. The zero-order valence-electron chi connectivity index (χ0n) is 10.4. The van der Waals surface area contributed by atoms with Gasteiger partial charge in [-0.1, -0.05) is 0 Å². The largest absolute Gasteiger partial charge is 0.402 e. The van der Waals surface area contributed by atoms with Crippen LogP contribution in [0.5, 0.6) is 0 Å². The van der Waals surface area contributed by atoms with Crippen molar-refractivity contribution in [3.8, 4) is 0 Å². The summed E-state index contributed by atoms with van der Waals surface area (Å²) in [6.45, 7) is -0.124. The van der Waals surface area contributed by atoms with Crippen molar-refractivity contribution in [2.45, 2.75) is 19.0 Å². The summed E-state index contributed by atoms with van der Waals surface area (Å²) in [5.74, 6) is -0.805. The third-order valence-corrected chi connectivity index (χ3v) is 4.49. The van der Waals surface area contributed by atoms with E-state index in [9.17, 15) is 18.0 Å². The van der Waals surface area contributed by atoms with E-state index in [0.29, 0.717) is 10.7 Å². The number of halogens is 3. The number of rotatable bonds is 3. The average Bonchev–Trinajstić information content (AvgIpc) is 3.01. The van der Waals surface area contributed by atoms with Gasteiger partial charge in [-0.15, -0.1) is 11.3 Å². The van der Waals surface area contributed by atoms with Gasteiger partial charge in [0.05, 0.1) is 12.1 Å². The van der Waals surface area contributed by atoms with E-state index in [2.05, 4.69) is 10.3 Å². The fraction of sp³-hybridized carbons (Fsp3) is 0.500. The Balaban J connectivity index is 1.85. The van der Waals surface area contributed by atoms with Crippen molar-refractivity contribution >= 4 is 22.1 Å². The molecule has 2 aromatic rings. The SMILES string of the molecule is O=C(Cc1cn2ccsc2n1)C1(C(F)(F)F)CCNC1. The number of nitrogens with one attached hydrogen (secondary N) is 1. The first-order valence-electron chi connectivity index (χ1n) is 6.14. The summed E-state index contributed by atoms with van der Waals surface area (Å²) in [4.78, 5) is 17.0. The first-order valence-corrected chi connectivity index (χ1v) is 7.02. The number of Topliss-reactive ketones (excluding diaryl/α,β-unsaturated/α-hetero) is 1. The lowest BCUT2D eigenvalue weighted by atomic mass is 9.80. The first-order chi connectivity index (χ1) is 9.42. The van der Waals surface area contributed by atoms with Crippen molar-refractivity contribution in [2.24, 2.45) is 5.41 Å². The van der Waals surface area contributed by atoms with Crippen LogP contribution in [-0.2, 0) is 11.2 Å². The number of carbonyl (C=O) groups excluding carboxylic acids is 1. The molecule has 20 heavy (non-hydrogen) atoms. The Morgan fingerprint density at radius 3 is 2.95 bits per heavy atom. The molecule has 0 amide bonds. The van der Waals surface area contributed by atoms with Gasteiger partial charge in [-0.3, -0.25) is 9.20 Å². The number of carbonyl (C=O) groups is 1. The molecule has 1 aliphatic heterocycles. The second-order valence-electron chi connectivity index (χ2n) is 4.93. The van der Waals surface area contributed by atoms with E-state index in [1.165, 1.54) is 11.3 Å². The number of ketones is 1. The van der Waals surface area contributed by atoms with Crippen molar-refractivity contribution in [1.29, 1.82) is 0 Å². The van der Waals surface area contributed by atoms with Gasteiger partial charge in [-0.2, -0.15) is 13.2 Å². The van der Waals surface area contributed by atoms with Crippen LogP contribution in [0.3, 0.4) is 0 Å². The van der Waals surface area contributed by atoms with Gasteiger partial charge >= 0.3 is 6.18 Å². The van der Waals surface area contributed by atoms with E-state index >= 15 is 0 Å². The van der Waals surface area contributed by atoms with Gasteiger partial charge in [0.25, 0.3) is 0 Å². The van der Waals surface area contributed by atoms with Crippen LogP contribution in [0.15, 0.2) is 17.8 Å². The van der Waals surface area contributed by atoms with Crippen LogP contribution in [0.25, 0.3) is 4.96 Å². The maximum atomic E-state index is 13.2. The van der Waals surface area contributed by atoms with Gasteiger partial charge in [0, 0.05) is 24.3 Å². The van der Waals surface area contributed by atoms with E-state index in [1.807, 2.05) is 5.38 Å². The Labute approximate surface area is 116 Å². The zero-order chi connectivity index (χ0) is 14.4. The molecule has 0 radical (unpaired) electrons. The summed E-state index contributed by atoms with van der Waals surface area (Å²) in [5, 5.41) is 4.47. The maximum Gasteiger partial charge on any atom is 0.402 e. The minimum atomic E-state index is -4.52. The number of alkyl halides is 3. The summed E-state index contributed by atoms with van der Waals surface area (Å²) in [6, 6.07) is 0. The molecule has 3 rings (SSSR count). The van der Waals surface area contributed by atoms with Gasteiger partial charge in [0.2, 0.25) is 0 Å². The fourth-order valence-corrected chi connectivity index (χ4v) is 3.24. The van der Waals surface area contributed by atoms with Crippen LogP contribution in [0, 0.1) is 5.41 Å². The molecule has 8 heteroatoms. The molecule has 1 atom stereocenters. The third-order valence-electron chi connectivity index (χ3n) is 3.72. The van der Waals surface area contributed by atoms with Gasteiger partial charge in [-0.25, -0.2) is 4.98 Å². The van der Waals surface area contributed by atoms with Gasteiger partial charge in [0.1, 0.15) is 5.41 Å². The van der Waals surface area contributed by atoms with Crippen LogP contribution in [0.1, 0.15) is 12.1 Å². The highest BCUT2D eigenvalue weighted by Gasteiger charge is 2.60. The molecule has 1 aliphatic rings. The van der Waals surface area contributed by atoms with E-state index in [4.69, 9.17) is 0 Å². The summed E-state index contributed by atoms with van der Waals surface area (Å²) in [7, 11) is 0. The monoisotopic (exact) mass is 303 g/mol. The van der Waals surface area contributed by atoms with E-state index in [1.54, 1.807) is 16.8 Å². The predicted octanol–water partition coefficient (Wildman–Crippen LogP) is 2.05. The lowest BCUT2D eigenvalue weighted by Gasteiger charge is -2.29. The van der Waals surface area contributed by atoms with Crippen LogP contribution in [0.2, 0.25) is 0 Å². The highest BCUT2D eigenvalue weighted by Crippen LogP contribution is 2.44. The number of imidazole rings is 1. The number of nitrogens with zero attached hydrogens (tertiary/aromatic N) is 2. The quantitative estimate of drug-likeness (QED) is 0.944. The molecule has 0 aliphatic carbocycles. The minimum Gasteiger partial charge on any atom is -0.315 e. The molecule has 0 spiro atoms. The molecule has 108 valence electrons. The van der Waals surface area contributed by atoms with Crippen molar-refractivity contribution < 1.29 is 18.0 Å². The van der Waals surface area contributed by atoms with E-state index in [-0.39, 0.29) is 25.9 Å². The van der Waals surface area contributed by atoms with Crippen LogP contribution in [0.4, 0.5) is 13.2 Å². The second kappa shape index (κ2) is 4.56. The number of fused-ring (bicyclic) bond motifs is 1. The topological polar surface area (TPSA) is 46.4 Å². The van der Waals surface area contributed by atoms with Crippen LogP contribution < -0.4 is 5.32 Å². The Hall–Kier alpha value is -1.41. The zero-order valence-corrected chi connectivity index (χ0v) is 11.2. The second-order valence-corrected chi connectivity index (χ2v) is 5.80. The molecule has 0 bridgehead atoms. The summed E-state index contributed by atoms with van der Waals surface area (Å²) in [6.07, 6.45) is -1.63. The molecule has 4 nitrogen and oxygen atoms in total. The lowest BCUT2D eigenvalue weighted by molar-refractivity contribution is -0.214. The molecule has 0 aromatic carbocycles. The van der Waals surface area contributed by atoms with Crippen molar-refractivity contribution in [3.63, 3.8) is 0 Å². The maximum absolute atomic E-state index is 13.2. The molecule has 1 saturated heterocycles. The highest BCUT2D eigenvalue weighted by molar-refractivity contribution is 7.15. The number of thiazole rings is 1. The predicted molar refractivity (Wildman–Crippen MR) is 67.8 cm³/mol. The normalized spacial score (nSPS) is 23.6. The minimum absolute atomic E-state index is 0.197. The van der Waals surface area contributed by atoms with E-state index < -0.39 is 17.4 Å². The first kappa shape index (κ1) is 13.6. The van der Waals surface area contributed by atoms with Crippen molar-refractivity contribution in [3.05, 3.63) is 23.5 Å². The Morgan fingerprint density at radius 1 is 1.55 bits per heavy atom. The molecular formula is C12H12F3N3OS. The van der Waals surface area contributed by atoms with Gasteiger partial charge in [0.15, 0.2) is 10.7 Å². The van der Waals surface area contributed by atoms with Gasteiger partial charge < -0.3 is 5.32 Å². The van der Waals surface area contributed by atoms with Gasteiger partial charge in [-0.05, 0) is 13.0 Å². The molecular weight excluding hydrogens is 291 g/mol. The number of hydrogen-bond donors (Lipinski definition) is 1. The van der Waals surface area contributed by atoms with Crippen LogP contribution >= 0.6 is 11.3 Å². The van der Waals surface area contributed by atoms with Crippen molar-refractivity contribution in [2.75, 3.05) is 13.1 Å². The van der Waals surface area contributed by atoms with Crippen LogP contribution in [-0.4, -0.2) is 34.4 Å². The Morgan fingerprint density at radius 2 is 2.35 bits per heavy atom. The average molecular weight is 303 g/mol. The highest BCUT2D eigenvalue weighted by atomic mass is 32.1. The number of aromatic nitrogens is 2. The Bertz CT molecular complexity index is 611. The molecule has 1 N–H and O–H groups in total. The van der Waals surface area contributed by atoms with E-state index in [0.717, 1.165) is 0 Å². The molecule has 0 saturated carbocycles. The standard InChI is InChI=1S/C12H12F3N3OS/c13-12(14,15)11(1-2-16-7-11)9(19)5-8-6-18-3-4-20-10(18)17-8/h3-4,6,16H,1-2,5,7H2. The third kappa shape index (κ3) is 2.03. The summed E-state index contributed by atoms with van der Waals surface area (Å²) < 4.78 is 41.4. The molecule has 2 aromatic heterocycles. The molecule has 1 fully saturated rings. The number of hydrogen-bond acceptors (Lipinski definition) is 4. The summed E-state index contributed by atoms with van der Waals surface area (Å²) >= 11 is 1.38.